The summed E-state index contributed by atoms with van der Waals surface area (Å²) in [4.78, 5) is 40.2. The SMILES string of the molecule is Cc1ccc(C(=O)N2CCOC3(CCNCC3)C2)cc1N1CCC(=O)NC1=O. The van der Waals surface area contributed by atoms with Gasteiger partial charge in [-0.3, -0.25) is 19.8 Å². The van der Waals surface area contributed by atoms with Crippen LogP contribution in [0, 0.1) is 6.92 Å². The van der Waals surface area contributed by atoms with Gasteiger partial charge in [-0.25, -0.2) is 4.79 Å². The fourth-order valence-corrected chi connectivity index (χ4v) is 4.21. The summed E-state index contributed by atoms with van der Waals surface area (Å²) in [6.07, 6.45) is 2.05. The molecule has 0 aromatic heterocycles. The lowest BCUT2D eigenvalue weighted by Crippen LogP contribution is -2.57. The number of morpholine rings is 1. The number of hydrogen-bond donors (Lipinski definition) is 2. The van der Waals surface area contributed by atoms with E-state index in [0.717, 1.165) is 31.5 Å². The number of anilines is 1. The van der Waals surface area contributed by atoms with Gasteiger partial charge in [0.25, 0.3) is 5.91 Å². The highest BCUT2D eigenvalue weighted by atomic mass is 16.5. The van der Waals surface area contributed by atoms with Crippen molar-refractivity contribution < 1.29 is 19.1 Å². The van der Waals surface area contributed by atoms with Crippen molar-refractivity contribution in [1.82, 2.24) is 15.5 Å². The summed E-state index contributed by atoms with van der Waals surface area (Å²) in [5, 5.41) is 5.67. The van der Waals surface area contributed by atoms with Gasteiger partial charge in [0.15, 0.2) is 0 Å². The normalized spacial score (nSPS) is 22.3. The zero-order valence-electron chi connectivity index (χ0n) is 16.1. The Morgan fingerprint density at radius 2 is 1.96 bits per heavy atom. The molecule has 0 radical (unpaired) electrons. The van der Waals surface area contributed by atoms with E-state index in [2.05, 4.69) is 10.6 Å². The van der Waals surface area contributed by atoms with E-state index in [-0.39, 0.29) is 23.8 Å². The van der Waals surface area contributed by atoms with Crippen LogP contribution in [0.25, 0.3) is 0 Å². The van der Waals surface area contributed by atoms with Crippen LogP contribution in [0.5, 0.6) is 0 Å². The molecular formula is C20H26N4O4. The summed E-state index contributed by atoms with van der Waals surface area (Å²) in [7, 11) is 0. The van der Waals surface area contributed by atoms with Gasteiger partial charge >= 0.3 is 6.03 Å². The maximum absolute atomic E-state index is 13.2. The molecular weight excluding hydrogens is 360 g/mol. The lowest BCUT2D eigenvalue weighted by atomic mass is 9.90. The average Bonchev–Trinajstić information content (AvgIpc) is 2.69. The molecule has 3 heterocycles. The van der Waals surface area contributed by atoms with Crippen LogP contribution in [0.15, 0.2) is 18.2 Å². The summed E-state index contributed by atoms with van der Waals surface area (Å²) in [6, 6.07) is 4.98. The Hall–Kier alpha value is -2.45. The Balaban J connectivity index is 1.55. The molecule has 0 unspecified atom stereocenters. The maximum atomic E-state index is 13.2. The minimum absolute atomic E-state index is 0.0454. The number of urea groups is 1. The molecule has 0 aliphatic carbocycles. The third-order valence-electron chi connectivity index (χ3n) is 5.85. The molecule has 4 amide bonds. The average molecular weight is 386 g/mol. The minimum Gasteiger partial charge on any atom is -0.371 e. The van der Waals surface area contributed by atoms with Crippen molar-refractivity contribution in [2.24, 2.45) is 0 Å². The number of amides is 4. The summed E-state index contributed by atoms with van der Waals surface area (Å²) >= 11 is 0. The summed E-state index contributed by atoms with van der Waals surface area (Å²) in [5.41, 5.74) is 1.86. The highest BCUT2D eigenvalue weighted by Crippen LogP contribution is 2.29. The first-order valence-corrected chi connectivity index (χ1v) is 9.83. The predicted octanol–water partition coefficient (Wildman–Crippen LogP) is 1.04. The number of piperidine rings is 1. The first kappa shape index (κ1) is 18.9. The van der Waals surface area contributed by atoms with Crippen molar-refractivity contribution in [3.05, 3.63) is 29.3 Å². The number of hydrogen-bond acceptors (Lipinski definition) is 5. The van der Waals surface area contributed by atoms with Crippen LogP contribution in [0.3, 0.4) is 0 Å². The number of imide groups is 1. The smallest absolute Gasteiger partial charge is 0.328 e. The van der Waals surface area contributed by atoms with Gasteiger partial charge in [0.2, 0.25) is 5.91 Å². The highest BCUT2D eigenvalue weighted by Gasteiger charge is 2.39. The molecule has 3 saturated heterocycles. The molecule has 8 nitrogen and oxygen atoms in total. The number of nitrogens with one attached hydrogen (secondary N) is 2. The Labute approximate surface area is 164 Å². The zero-order valence-corrected chi connectivity index (χ0v) is 16.1. The molecule has 0 saturated carbocycles. The van der Waals surface area contributed by atoms with Gasteiger partial charge in [-0.05, 0) is 50.6 Å². The molecule has 4 rings (SSSR count). The molecule has 1 aromatic carbocycles. The van der Waals surface area contributed by atoms with E-state index < -0.39 is 6.03 Å². The molecule has 1 spiro atoms. The van der Waals surface area contributed by atoms with E-state index >= 15 is 0 Å². The second kappa shape index (κ2) is 7.52. The van der Waals surface area contributed by atoms with E-state index in [0.29, 0.717) is 37.5 Å². The van der Waals surface area contributed by atoms with Gasteiger partial charge in [0.05, 0.1) is 18.8 Å². The van der Waals surface area contributed by atoms with Gasteiger partial charge in [0, 0.05) is 30.8 Å². The second-order valence-corrected chi connectivity index (χ2v) is 7.76. The largest absolute Gasteiger partial charge is 0.371 e. The molecule has 0 bridgehead atoms. The molecule has 28 heavy (non-hydrogen) atoms. The van der Waals surface area contributed by atoms with E-state index in [1.165, 1.54) is 4.90 Å². The molecule has 2 N–H and O–H groups in total. The Kier molecular flexibility index (Phi) is 5.07. The molecule has 0 atom stereocenters. The maximum Gasteiger partial charge on any atom is 0.328 e. The van der Waals surface area contributed by atoms with Crippen LogP contribution in [0.2, 0.25) is 0 Å². The van der Waals surface area contributed by atoms with Crippen LogP contribution < -0.4 is 15.5 Å². The van der Waals surface area contributed by atoms with Crippen molar-refractivity contribution in [2.45, 2.75) is 31.8 Å². The first-order chi connectivity index (χ1) is 13.5. The third-order valence-corrected chi connectivity index (χ3v) is 5.85. The van der Waals surface area contributed by atoms with Gasteiger partial charge < -0.3 is 15.0 Å². The van der Waals surface area contributed by atoms with Crippen molar-refractivity contribution in [1.29, 1.82) is 0 Å². The second-order valence-electron chi connectivity index (χ2n) is 7.76. The summed E-state index contributed by atoms with van der Waals surface area (Å²) in [6.45, 7) is 5.72. The number of nitrogens with zero attached hydrogens (tertiary/aromatic N) is 2. The van der Waals surface area contributed by atoms with Crippen molar-refractivity contribution >= 4 is 23.5 Å². The van der Waals surface area contributed by atoms with E-state index in [4.69, 9.17) is 4.74 Å². The van der Waals surface area contributed by atoms with E-state index in [9.17, 15) is 14.4 Å². The van der Waals surface area contributed by atoms with Crippen LogP contribution in [-0.4, -0.2) is 67.7 Å². The van der Waals surface area contributed by atoms with Crippen molar-refractivity contribution in [3.63, 3.8) is 0 Å². The quantitative estimate of drug-likeness (QED) is 0.792. The number of rotatable bonds is 2. The minimum atomic E-state index is -0.441. The third kappa shape index (κ3) is 3.62. The van der Waals surface area contributed by atoms with Gasteiger partial charge in [0.1, 0.15) is 0 Å². The Morgan fingerprint density at radius 3 is 2.71 bits per heavy atom. The van der Waals surface area contributed by atoms with Crippen molar-refractivity contribution in [2.75, 3.05) is 44.2 Å². The highest BCUT2D eigenvalue weighted by molar-refractivity contribution is 6.06. The fourth-order valence-electron chi connectivity index (χ4n) is 4.21. The molecule has 150 valence electrons. The molecule has 3 aliphatic rings. The number of carbonyl (C=O) groups is 3. The van der Waals surface area contributed by atoms with Crippen molar-refractivity contribution in [3.8, 4) is 0 Å². The monoisotopic (exact) mass is 386 g/mol. The number of carbonyl (C=O) groups excluding carboxylic acids is 3. The van der Waals surface area contributed by atoms with Gasteiger partial charge in [-0.15, -0.1) is 0 Å². The number of ether oxygens (including phenoxy) is 1. The summed E-state index contributed by atoms with van der Waals surface area (Å²) < 4.78 is 6.06. The Morgan fingerprint density at radius 1 is 1.18 bits per heavy atom. The van der Waals surface area contributed by atoms with Crippen LogP contribution >= 0.6 is 0 Å². The molecule has 8 heteroatoms. The van der Waals surface area contributed by atoms with Crippen LogP contribution in [-0.2, 0) is 9.53 Å². The van der Waals surface area contributed by atoms with E-state index in [1.54, 1.807) is 12.1 Å². The first-order valence-electron chi connectivity index (χ1n) is 9.83. The molecule has 3 aliphatic heterocycles. The van der Waals surface area contributed by atoms with Gasteiger partial charge in [-0.2, -0.15) is 0 Å². The number of aryl methyl sites for hydroxylation is 1. The number of benzene rings is 1. The zero-order chi connectivity index (χ0) is 19.7. The lowest BCUT2D eigenvalue weighted by Gasteiger charge is -2.45. The van der Waals surface area contributed by atoms with Crippen LogP contribution in [0.1, 0.15) is 35.2 Å². The molecule has 3 fully saturated rings. The topological polar surface area (TPSA) is 91.0 Å². The predicted molar refractivity (Wildman–Crippen MR) is 103 cm³/mol. The fraction of sp³-hybridized carbons (Fsp3) is 0.550. The standard InChI is InChI=1S/C20H26N4O4/c1-14-2-3-15(12-16(14)24-9-4-17(25)22-19(24)27)18(26)23-10-11-28-20(13-23)5-7-21-8-6-20/h2-3,12,21H,4-11,13H2,1H3,(H,22,25,27). The lowest BCUT2D eigenvalue weighted by molar-refractivity contribution is -0.120. The summed E-state index contributed by atoms with van der Waals surface area (Å²) in [5.74, 6) is -0.317. The van der Waals surface area contributed by atoms with Gasteiger partial charge in [-0.1, -0.05) is 6.07 Å². The van der Waals surface area contributed by atoms with Crippen LogP contribution in [0.4, 0.5) is 10.5 Å². The van der Waals surface area contributed by atoms with E-state index in [1.807, 2.05) is 17.9 Å². The molecule has 1 aromatic rings. The Bertz CT molecular complexity index is 798.